The van der Waals surface area contributed by atoms with Gasteiger partial charge in [-0.25, -0.2) is 4.39 Å². The Balaban J connectivity index is 2.05. The Bertz CT molecular complexity index is 1030. The van der Waals surface area contributed by atoms with Crippen LogP contribution in [0.2, 0.25) is 0 Å². The number of amides is 1. The first-order valence-electron chi connectivity index (χ1n) is 7.06. The number of aromatic amines is 1. The van der Waals surface area contributed by atoms with Crippen molar-refractivity contribution in [1.29, 1.82) is 0 Å². The second-order valence-electron chi connectivity index (χ2n) is 5.22. The minimum absolute atomic E-state index is 0.119. The molecule has 0 saturated heterocycles. The lowest BCUT2D eigenvalue weighted by Gasteiger charge is -2.11. The lowest BCUT2D eigenvalue weighted by atomic mass is 10.1. The molecule has 0 aliphatic heterocycles. The molecule has 128 valence electrons. The SMILES string of the molecule is O=C(Nc1cccc(F)c1)c1c[nH]c2c(C(F)(F)F)cccc2c1=O. The molecule has 0 spiro atoms. The molecule has 0 unspecified atom stereocenters. The first kappa shape index (κ1) is 16.7. The van der Waals surface area contributed by atoms with E-state index in [0.717, 1.165) is 24.4 Å². The normalized spacial score (nSPS) is 11.5. The maximum atomic E-state index is 13.1. The molecule has 0 fully saturated rings. The van der Waals surface area contributed by atoms with Crippen molar-refractivity contribution in [3.8, 4) is 0 Å². The van der Waals surface area contributed by atoms with E-state index in [-0.39, 0.29) is 16.6 Å². The molecular formula is C17H10F4N2O2. The summed E-state index contributed by atoms with van der Waals surface area (Å²) in [4.78, 5) is 26.9. The van der Waals surface area contributed by atoms with Crippen molar-refractivity contribution in [3.63, 3.8) is 0 Å². The van der Waals surface area contributed by atoms with E-state index in [2.05, 4.69) is 10.3 Å². The highest BCUT2D eigenvalue weighted by molar-refractivity contribution is 6.05. The number of carbonyl (C=O) groups excluding carboxylic acids is 1. The lowest BCUT2D eigenvalue weighted by molar-refractivity contribution is -0.136. The van der Waals surface area contributed by atoms with Crippen molar-refractivity contribution in [3.05, 3.63) is 75.8 Å². The molecule has 0 radical (unpaired) electrons. The third kappa shape index (κ3) is 3.23. The van der Waals surface area contributed by atoms with Gasteiger partial charge in [0, 0.05) is 17.3 Å². The number of fused-ring (bicyclic) bond motifs is 1. The zero-order valence-electron chi connectivity index (χ0n) is 12.4. The molecule has 0 aliphatic rings. The van der Waals surface area contributed by atoms with E-state index in [1.807, 2.05) is 0 Å². The Morgan fingerprint density at radius 1 is 1.08 bits per heavy atom. The third-order valence-corrected chi connectivity index (χ3v) is 3.55. The summed E-state index contributed by atoms with van der Waals surface area (Å²) in [6.07, 6.45) is -3.73. The molecular weight excluding hydrogens is 340 g/mol. The van der Waals surface area contributed by atoms with E-state index in [1.54, 1.807) is 0 Å². The zero-order valence-corrected chi connectivity index (χ0v) is 12.4. The topological polar surface area (TPSA) is 62.0 Å². The van der Waals surface area contributed by atoms with E-state index < -0.39 is 34.4 Å². The summed E-state index contributed by atoms with van der Waals surface area (Å²) >= 11 is 0. The number of anilines is 1. The summed E-state index contributed by atoms with van der Waals surface area (Å²) in [5.74, 6) is -1.44. The fourth-order valence-electron chi connectivity index (χ4n) is 2.42. The van der Waals surface area contributed by atoms with Crippen LogP contribution in [0.3, 0.4) is 0 Å². The molecule has 2 N–H and O–H groups in total. The van der Waals surface area contributed by atoms with Gasteiger partial charge in [0.1, 0.15) is 11.4 Å². The second-order valence-corrected chi connectivity index (χ2v) is 5.22. The van der Waals surface area contributed by atoms with Gasteiger partial charge >= 0.3 is 6.18 Å². The van der Waals surface area contributed by atoms with Crippen LogP contribution in [-0.4, -0.2) is 10.9 Å². The second kappa shape index (κ2) is 6.04. The van der Waals surface area contributed by atoms with E-state index in [0.29, 0.717) is 0 Å². The first-order valence-corrected chi connectivity index (χ1v) is 7.06. The van der Waals surface area contributed by atoms with Crippen LogP contribution < -0.4 is 10.7 Å². The number of carbonyl (C=O) groups is 1. The van der Waals surface area contributed by atoms with Gasteiger partial charge < -0.3 is 10.3 Å². The van der Waals surface area contributed by atoms with E-state index in [4.69, 9.17) is 0 Å². The van der Waals surface area contributed by atoms with Gasteiger partial charge in [0.15, 0.2) is 0 Å². The molecule has 0 atom stereocenters. The Kier molecular flexibility index (Phi) is 4.03. The fourth-order valence-corrected chi connectivity index (χ4v) is 2.42. The van der Waals surface area contributed by atoms with Crippen molar-refractivity contribution >= 4 is 22.5 Å². The smallest absolute Gasteiger partial charge is 0.360 e. The minimum Gasteiger partial charge on any atom is -0.360 e. The fraction of sp³-hybridized carbons (Fsp3) is 0.0588. The number of hydrogen-bond donors (Lipinski definition) is 2. The number of hydrogen-bond acceptors (Lipinski definition) is 2. The van der Waals surface area contributed by atoms with E-state index in [9.17, 15) is 27.2 Å². The molecule has 4 nitrogen and oxygen atoms in total. The molecule has 8 heteroatoms. The van der Waals surface area contributed by atoms with Gasteiger partial charge in [-0.05, 0) is 30.3 Å². The molecule has 1 amide bonds. The highest BCUT2D eigenvalue weighted by atomic mass is 19.4. The number of rotatable bonds is 2. The van der Waals surface area contributed by atoms with Crippen molar-refractivity contribution in [2.75, 3.05) is 5.32 Å². The van der Waals surface area contributed by atoms with Gasteiger partial charge in [0.05, 0.1) is 11.1 Å². The van der Waals surface area contributed by atoms with Crippen LogP contribution in [0.5, 0.6) is 0 Å². The number of para-hydroxylation sites is 1. The standard InChI is InChI=1S/C17H10F4N2O2/c18-9-3-1-4-10(7-9)23-16(25)12-8-22-14-11(15(12)24)5-2-6-13(14)17(19,20)21/h1-8H,(H,22,24)(H,23,25). The Morgan fingerprint density at radius 3 is 2.48 bits per heavy atom. The predicted molar refractivity (Wildman–Crippen MR) is 83.9 cm³/mol. The Morgan fingerprint density at radius 2 is 1.80 bits per heavy atom. The molecule has 3 aromatic rings. The van der Waals surface area contributed by atoms with Crippen LogP contribution in [0.1, 0.15) is 15.9 Å². The quantitative estimate of drug-likeness (QED) is 0.688. The summed E-state index contributed by atoms with van der Waals surface area (Å²) in [6.45, 7) is 0. The van der Waals surface area contributed by atoms with Crippen molar-refractivity contribution in [1.82, 2.24) is 4.98 Å². The molecule has 0 aliphatic carbocycles. The summed E-state index contributed by atoms with van der Waals surface area (Å²) in [5.41, 5.74) is -2.51. The van der Waals surface area contributed by atoms with Crippen LogP contribution in [0, 0.1) is 5.82 Å². The monoisotopic (exact) mass is 350 g/mol. The maximum absolute atomic E-state index is 13.1. The van der Waals surface area contributed by atoms with Gasteiger partial charge in [-0.15, -0.1) is 0 Å². The Labute approximate surface area is 138 Å². The first-order chi connectivity index (χ1) is 11.8. The highest BCUT2D eigenvalue weighted by Gasteiger charge is 2.33. The lowest BCUT2D eigenvalue weighted by Crippen LogP contribution is -2.22. The number of nitrogens with one attached hydrogen (secondary N) is 2. The van der Waals surface area contributed by atoms with Gasteiger partial charge in [0.25, 0.3) is 5.91 Å². The molecule has 0 saturated carbocycles. The van der Waals surface area contributed by atoms with Crippen LogP contribution in [0.4, 0.5) is 23.2 Å². The zero-order chi connectivity index (χ0) is 18.2. The molecule has 1 heterocycles. The molecule has 1 aromatic heterocycles. The predicted octanol–water partition coefficient (Wildman–Crippen LogP) is 3.94. The Hall–Kier alpha value is -3.16. The summed E-state index contributed by atoms with van der Waals surface area (Å²) < 4.78 is 52.1. The number of H-pyrrole nitrogens is 1. The van der Waals surface area contributed by atoms with Crippen molar-refractivity contribution in [2.45, 2.75) is 6.18 Å². The number of benzene rings is 2. The largest absolute Gasteiger partial charge is 0.418 e. The summed E-state index contributed by atoms with van der Waals surface area (Å²) in [5, 5.41) is 2.07. The van der Waals surface area contributed by atoms with Crippen molar-refractivity contribution < 1.29 is 22.4 Å². The van der Waals surface area contributed by atoms with Crippen LogP contribution in [-0.2, 0) is 6.18 Å². The van der Waals surface area contributed by atoms with Crippen LogP contribution in [0.25, 0.3) is 10.9 Å². The van der Waals surface area contributed by atoms with Gasteiger partial charge in [-0.2, -0.15) is 13.2 Å². The van der Waals surface area contributed by atoms with Gasteiger partial charge in [-0.3, -0.25) is 9.59 Å². The average Bonchev–Trinajstić information content (AvgIpc) is 2.54. The summed E-state index contributed by atoms with van der Waals surface area (Å²) in [6, 6.07) is 8.14. The molecule has 0 bridgehead atoms. The van der Waals surface area contributed by atoms with E-state index >= 15 is 0 Å². The maximum Gasteiger partial charge on any atom is 0.418 e. The van der Waals surface area contributed by atoms with E-state index in [1.165, 1.54) is 24.3 Å². The van der Waals surface area contributed by atoms with Crippen LogP contribution >= 0.6 is 0 Å². The molecule has 2 aromatic carbocycles. The average molecular weight is 350 g/mol. The van der Waals surface area contributed by atoms with Crippen LogP contribution in [0.15, 0.2) is 53.5 Å². The molecule has 25 heavy (non-hydrogen) atoms. The summed E-state index contributed by atoms with van der Waals surface area (Å²) in [7, 11) is 0. The number of alkyl halides is 3. The van der Waals surface area contributed by atoms with Gasteiger partial charge in [0.2, 0.25) is 5.43 Å². The number of halogens is 4. The van der Waals surface area contributed by atoms with Crippen molar-refractivity contribution in [2.24, 2.45) is 0 Å². The minimum atomic E-state index is -4.65. The third-order valence-electron chi connectivity index (χ3n) is 3.55. The highest BCUT2D eigenvalue weighted by Crippen LogP contribution is 2.33. The van der Waals surface area contributed by atoms with Gasteiger partial charge in [-0.1, -0.05) is 12.1 Å². The number of aromatic nitrogens is 1. The molecule has 3 rings (SSSR count). The number of pyridine rings is 1.